The summed E-state index contributed by atoms with van der Waals surface area (Å²) < 4.78 is 10.1. The van der Waals surface area contributed by atoms with Gasteiger partial charge in [0.1, 0.15) is 11.4 Å². The largest absolute Gasteiger partial charge is 0.497 e. The summed E-state index contributed by atoms with van der Waals surface area (Å²) in [7, 11) is 1.48. The molecule has 0 radical (unpaired) electrons. The molecule has 0 aliphatic rings. The van der Waals surface area contributed by atoms with Gasteiger partial charge in [-0.25, -0.2) is 9.59 Å². The van der Waals surface area contributed by atoms with E-state index in [9.17, 15) is 14.7 Å². The number of methoxy groups -OCH3 is 1. The van der Waals surface area contributed by atoms with Gasteiger partial charge in [-0.15, -0.1) is 0 Å². The Morgan fingerprint density at radius 3 is 2.00 bits per heavy atom. The van der Waals surface area contributed by atoms with Gasteiger partial charge in [-0.2, -0.15) is 0 Å². The highest BCUT2D eigenvalue weighted by atomic mass is 16.6. The van der Waals surface area contributed by atoms with E-state index >= 15 is 0 Å². The molecule has 1 rings (SSSR count). The number of benzene rings is 1. The molecule has 1 aromatic rings. The minimum atomic E-state index is -2.25. The van der Waals surface area contributed by atoms with E-state index in [1.807, 2.05) is 0 Å². The van der Waals surface area contributed by atoms with Crippen LogP contribution in [-0.4, -0.2) is 29.8 Å². The van der Waals surface area contributed by atoms with Crippen LogP contribution in [0.3, 0.4) is 0 Å². The summed E-state index contributed by atoms with van der Waals surface area (Å²) in [5.74, 6) is -1.95. The van der Waals surface area contributed by atoms with Gasteiger partial charge in [-0.1, -0.05) is 12.1 Å². The Morgan fingerprint density at radius 2 is 1.65 bits per heavy atom. The van der Waals surface area contributed by atoms with Crippen LogP contribution in [0.5, 0.6) is 5.75 Å². The molecule has 20 heavy (non-hydrogen) atoms. The fraction of sp³-hybridized carbons (Fsp3) is 0.429. The maximum atomic E-state index is 12.1. The van der Waals surface area contributed by atoms with Crippen LogP contribution in [0.15, 0.2) is 24.3 Å². The first-order valence-electron chi connectivity index (χ1n) is 6.01. The molecule has 0 saturated carbocycles. The van der Waals surface area contributed by atoms with Crippen molar-refractivity contribution >= 4 is 11.9 Å². The third-order valence-corrected chi connectivity index (χ3v) is 2.60. The molecular formula is C14H19NO5. The number of aliphatic carboxylic acids is 1. The Bertz CT molecular complexity index is 503. The van der Waals surface area contributed by atoms with Crippen molar-refractivity contribution in [2.75, 3.05) is 7.11 Å². The number of carbonyl (C=O) groups is 2. The third kappa shape index (κ3) is 3.27. The van der Waals surface area contributed by atoms with E-state index in [2.05, 4.69) is 0 Å². The van der Waals surface area contributed by atoms with Crippen molar-refractivity contribution in [2.45, 2.75) is 31.9 Å². The van der Waals surface area contributed by atoms with Gasteiger partial charge in [0, 0.05) is 0 Å². The molecule has 0 aromatic heterocycles. The van der Waals surface area contributed by atoms with E-state index in [-0.39, 0.29) is 5.56 Å². The number of hydrogen-bond acceptors (Lipinski definition) is 5. The molecule has 0 fully saturated rings. The van der Waals surface area contributed by atoms with Gasteiger partial charge in [0.25, 0.3) is 0 Å². The lowest BCUT2D eigenvalue weighted by atomic mass is 9.91. The second-order valence-electron chi connectivity index (χ2n) is 5.34. The molecular weight excluding hydrogens is 262 g/mol. The molecule has 110 valence electrons. The zero-order valence-corrected chi connectivity index (χ0v) is 12.0. The van der Waals surface area contributed by atoms with E-state index in [1.54, 1.807) is 20.8 Å². The minimum absolute atomic E-state index is 0.125. The lowest BCUT2D eigenvalue weighted by Gasteiger charge is -2.28. The van der Waals surface area contributed by atoms with Crippen LogP contribution in [0.2, 0.25) is 0 Å². The SMILES string of the molecule is COc1ccc([C@](N)(C(=O)O)C(=O)OC(C)(C)C)cc1. The van der Waals surface area contributed by atoms with Gasteiger partial charge in [0.15, 0.2) is 0 Å². The molecule has 0 unspecified atom stereocenters. The van der Waals surface area contributed by atoms with E-state index in [1.165, 1.54) is 31.4 Å². The van der Waals surface area contributed by atoms with Crippen LogP contribution < -0.4 is 10.5 Å². The minimum Gasteiger partial charge on any atom is -0.497 e. The van der Waals surface area contributed by atoms with Crippen molar-refractivity contribution in [3.8, 4) is 5.75 Å². The average Bonchev–Trinajstić information content (AvgIpc) is 2.35. The molecule has 6 heteroatoms. The Hall–Kier alpha value is -2.08. The summed E-state index contributed by atoms with van der Waals surface area (Å²) in [6.45, 7) is 4.92. The number of carbonyl (C=O) groups excluding carboxylic acids is 1. The van der Waals surface area contributed by atoms with E-state index < -0.39 is 23.1 Å². The molecule has 3 N–H and O–H groups in total. The molecule has 0 heterocycles. The quantitative estimate of drug-likeness (QED) is 0.637. The highest BCUT2D eigenvalue weighted by Gasteiger charge is 2.47. The first-order valence-corrected chi connectivity index (χ1v) is 6.01. The summed E-state index contributed by atoms with van der Waals surface area (Å²) >= 11 is 0. The van der Waals surface area contributed by atoms with Crippen LogP contribution in [0.4, 0.5) is 0 Å². The fourth-order valence-electron chi connectivity index (χ4n) is 1.54. The first-order chi connectivity index (χ1) is 9.11. The molecule has 0 saturated heterocycles. The molecule has 1 atom stereocenters. The summed E-state index contributed by atoms with van der Waals surface area (Å²) in [6.07, 6.45) is 0. The second kappa shape index (κ2) is 5.50. The molecule has 1 aromatic carbocycles. The van der Waals surface area contributed by atoms with Gasteiger partial charge < -0.3 is 20.3 Å². The standard InChI is InChI=1S/C14H19NO5/c1-13(2,3)20-12(18)14(15,11(16)17)9-5-7-10(19-4)8-6-9/h5-8H,15H2,1-4H3,(H,16,17)/t14-/m0/s1. The zero-order chi connectivity index (χ0) is 15.6. The van der Waals surface area contributed by atoms with Crippen LogP contribution in [0, 0.1) is 0 Å². The maximum Gasteiger partial charge on any atom is 0.343 e. The van der Waals surface area contributed by atoms with Crippen molar-refractivity contribution in [1.29, 1.82) is 0 Å². The van der Waals surface area contributed by atoms with Crippen LogP contribution in [-0.2, 0) is 19.9 Å². The molecule has 6 nitrogen and oxygen atoms in total. The highest BCUT2D eigenvalue weighted by molar-refractivity contribution is 6.04. The Morgan fingerprint density at radius 1 is 1.15 bits per heavy atom. The van der Waals surface area contributed by atoms with Gasteiger partial charge in [-0.05, 0) is 38.5 Å². The fourth-order valence-corrected chi connectivity index (χ4v) is 1.54. The number of esters is 1. The molecule has 0 amide bonds. The Kier molecular flexibility index (Phi) is 4.39. The molecule has 0 bridgehead atoms. The smallest absolute Gasteiger partial charge is 0.343 e. The second-order valence-corrected chi connectivity index (χ2v) is 5.34. The Labute approximate surface area is 117 Å². The van der Waals surface area contributed by atoms with Crippen molar-refractivity contribution < 1.29 is 24.2 Å². The summed E-state index contributed by atoms with van der Waals surface area (Å²) in [5, 5.41) is 9.32. The molecule has 0 aliphatic heterocycles. The predicted molar refractivity (Wildman–Crippen MR) is 72.3 cm³/mol. The van der Waals surface area contributed by atoms with Gasteiger partial charge in [-0.3, -0.25) is 0 Å². The normalized spacial score (nSPS) is 14.2. The topological polar surface area (TPSA) is 98.9 Å². The summed E-state index contributed by atoms with van der Waals surface area (Å²) in [4.78, 5) is 23.6. The lowest BCUT2D eigenvalue weighted by Crippen LogP contribution is -2.54. The number of carboxylic acids is 1. The average molecular weight is 281 g/mol. The van der Waals surface area contributed by atoms with Crippen molar-refractivity contribution in [2.24, 2.45) is 5.73 Å². The summed E-state index contributed by atoms with van der Waals surface area (Å²) in [6, 6.07) is 5.92. The molecule has 0 aliphatic carbocycles. The maximum absolute atomic E-state index is 12.1. The number of ether oxygens (including phenoxy) is 2. The number of hydrogen-bond donors (Lipinski definition) is 2. The highest BCUT2D eigenvalue weighted by Crippen LogP contribution is 2.25. The monoisotopic (exact) mass is 281 g/mol. The van der Waals surface area contributed by atoms with Crippen molar-refractivity contribution in [3.63, 3.8) is 0 Å². The van der Waals surface area contributed by atoms with Crippen LogP contribution in [0.25, 0.3) is 0 Å². The molecule has 0 spiro atoms. The van der Waals surface area contributed by atoms with E-state index in [0.29, 0.717) is 5.75 Å². The number of carboxylic acid groups (broad SMARTS) is 1. The van der Waals surface area contributed by atoms with E-state index in [0.717, 1.165) is 0 Å². The van der Waals surface area contributed by atoms with E-state index in [4.69, 9.17) is 15.2 Å². The Balaban J connectivity index is 3.20. The van der Waals surface area contributed by atoms with Crippen LogP contribution >= 0.6 is 0 Å². The van der Waals surface area contributed by atoms with Crippen molar-refractivity contribution in [1.82, 2.24) is 0 Å². The first kappa shape index (κ1) is 16.0. The zero-order valence-electron chi connectivity index (χ0n) is 12.0. The number of nitrogens with two attached hydrogens (primary N) is 1. The van der Waals surface area contributed by atoms with Crippen molar-refractivity contribution in [3.05, 3.63) is 29.8 Å². The summed E-state index contributed by atoms with van der Waals surface area (Å²) in [5.41, 5.74) is 2.83. The van der Waals surface area contributed by atoms with Gasteiger partial charge in [0.2, 0.25) is 5.54 Å². The third-order valence-electron chi connectivity index (χ3n) is 2.60. The van der Waals surface area contributed by atoms with Gasteiger partial charge in [0.05, 0.1) is 7.11 Å². The van der Waals surface area contributed by atoms with Crippen LogP contribution in [0.1, 0.15) is 26.3 Å². The number of rotatable bonds is 4. The lowest BCUT2D eigenvalue weighted by molar-refractivity contribution is -0.169. The van der Waals surface area contributed by atoms with Gasteiger partial charge >= 0.3 is 11.9 Å². The predicted octanol–water partition coefficient (Wildman–Crippen LogP) is 1.28.